The summed E-state index contributed by atoms with van der Waals surface area (Å²) in [5.41, 5.74) is 5.07. The Morgan fingerprint density at radius 2 is 1.59 bits per heavy atom. The smallest absolute Gasteiger partial charge is 0.123 e. The van der Waals surface area contributed by atoms with Crippen molar-refractivity contribution in [2.45, 2.75) is 19.0 Å². The zero-order valence-electron chi connectivity index (χ0n) is 21.5. The van der Waals surface area contributed by atoms with Crippen LogP contribution in [0.25, 0.3) is 10.9 Å². The summed E-state index contributed by atoms with van der Waals surface area (Å²) >= 11 is 0. The van der Waals surface area contributed by atoms with E-state index in [1.807, 2.05) is 6.07 Å². The number of aromatic nitrogens is 1. The minimum Gasteiger partial charge on any atom is -0.496 e. The van der Waals surface area contributed by atoms with Crippen molar-refractivity contribution < 1.29 is 4.74 Å². The summed E-state index contributed by atoms with van der Waals surface area (Å²) in [5, 5.41) is 1.31. The predicted molar refractivity (Wildman–Crippen MR) is 152 cm³/mol. The lowest BCUT2D eigenvalue weighted by Crippen LogP contribution is -2.49. The molecule has 1 atom stereocenters. The molecule has 0 aliphatic carbocycles. The fraction of sp³-hybridized carbons (Fsp3) is 0.323. The van der Waals surface area contributed by atoms with Gasteiger partial charge in [0.1, 0.15) is 11.6 Å². The van der Waals surface area contributed by atoms with E-state index in [0.717, 1.165) is 58.0 Å². The summed E-state index contributed by atoms with van der Waals surface area (Å²) in [6.07, 6.45) is 3.10. The molecule has 6 nitrogen and oxygen atoms in total. The number of hydrogen-bond donors (Lipinski definition) is 1. The Morgan fingerprint density at radius 3 is 2.43 bits per heavy atom. The molecule has 0 radical (unpaired) electrons. The zero-order chi connectivity index (χ0) is 25.0. The number of aromatic amines is 1. The molecule has 1 unspecified atom stereocenters. The lowest BCUT2D eigenvalue weighted by Gasteiger charge is -2.37. The number of ether oxygens (including phenoxy) is 1. The number of nitrogens with zero attached hydrogens (tertiary/aromatic N) is 4. The van der Waals surface area contributed by atoms with E-state index in [0.29, 0.717) is 0 Å². The summed E-state index contributed by atoms with van der Waals surface area (Å²) in [6.45, 7) is 6.81. The van der Waals surface area contributed by atoms with E-state index in [-0.39, 0.29) is 6.04 Å². The van der Waals surface area contributed by atoms with Crippen LogP contribution in [0.5, 0.6) is 5.75 Å². The number of hydrogen-bond acceptors (Lipinski definition) is 5. The first-order valence-corrected chi connectivity index (χ1v) is 13.3. The lowest BCUT2D eigenvalue weighted by molar-refractivity contribution is 0.279. The Morgan fingerprint density at radius 1 is 0.838 bits per heavy atom. The second kappa shape index (κ2) is 10.7. The van der Waals surface area contributed by atoms with Gasteiger partial charge in [0.15, 0.2) is 0 Å². The standard InChI is InChI=1S/C31H35N5O/c1-37-30-14-8-5-9-24(30)21-36-22-26(19-25-20-32-29-13-7-6-12-28(25)29)33-31(36)23-34-15-17-35(18-16-34)27-10-3-2-4-11-27/h2-14,20,26,32H,15-19,21-23H2,1H3. The van der Waals surface area contributed by atoms with Crippen LogP contribution >= 0.6 is 0 Å². The van der Waals surface area contributed by atoms with Gasteiger partial charge >= 0.3 is 0 Å². The number of aliphatic imine (C=N–C) groups is 1. The molecule has 3 aromatic carbocycles. The number of H-pyrrole nitrogens is 1. The highest BCUT2D eigenvalue weighted by Crippen LogP contribution is 2.26. The number of nitrogens with one attached hydrogen (secondary N) is 1. The van der Waals surface area contributed by atoms with E-state index in [1.165, 1.54) is 33.6 Å². The molecule has 37 heavy (non-hydrogen) atoms. The Labute approximate surface area is 219 Å². The van der Waals surface area contributed by atoms with Gasteiger partial charge in [-0.15, -0.1) is 0 Å². The number of para-hydroxylation sites is 3. The third-order valence-electron chi connectivity index (χ3n) is 7.67. The first kappa shape index (κ1) is 23.6. The number of anilines is 1. The summed E-state index contributed by atoms with van der Waals surface area (Å²) in [4.78, 5) is 16.3. The molecule has 2 aliphatic rings. The number of methoxy groups -OCH3 is 1. The van der Waals surface area contributed by atoms with Gasteiger partial charge in [-0.1, -0.05) is 54.6 Å². The van der Waals surface area contributed by atoms with Crippen LogP contribution in [-0.2, 0) is 13.0 Å². The van der Waals surface area contributed by atoms with Crippen LogP contribution in [0.3, 0.4) is 0 Å². The van der Waals surface area contributed by atoms with Crippen LogP contribution in [0.1, 0.15) is 11.1 Å². The number of benzene rings is 3. The van der Waals surface area contributed by atoms with Crippen LogP contribution in [0.2, 0.25) is 0 Å². The van der Waals surface area contributed by atoms with Gasteiger partial charge in [0.2, 0.25) is 0 Å². The highest BCUT2D eigenvalue weighted by atomic mass is 16.5. The first-order chi connectivity index (χ1) is 18.3. The molecular weight excluding hydrogens is 458 g/mol. The van der Waals surface area contributed by atoms with Crippen molar-refractivity contribution in [3.8, 4) is 5.75 Å². The Balaban J connectivity index is 1.18. The molecule has 190 valence electrons. The van der Waals surface area contributed by atoms with Crippen molar-refractivity contribution in [3.05, 3.63) is 96.2 Å². The maximum atomic E-state index is 5.67. The number of amidine groups is 1. The third kappa shape index (κ3) is 5.20. The topological polar surface area (TPSA) is 47.1 Å². The number of rotatable bonds is 8. The summed E-state index contributed by atoms with van der Waals surface area (Å²) < 4.78 is 5.67. The molecular formula is C31H35N5O. The Bertz CT molecular complexity index is 1360. The summed E-state index contributed by atoms with van der Waals surface area (Å²) in [5.74, 6) is 2.14. The van der Waals surface area contributed by atoms with Crippen molar-refractivity contribution in [2.75, 3.05) is 51.3 Å². The van der Waals surface area contributed by atoms with E-state index in [1.54, 1.807) is 7.11 Å². The minimum atomic E-state index is 0.245. The average molecular weight is 494 g/mol. The van der Waals surface area contributed by atoms with Crippen molar-refractivity contribution in [1.82, 2.24) is 14.8 Å². The predicted octanol–water partition coefficient (Wildman–Crippen LogP) is 4.82. The molecule has 0 saturated carbocycles. The molecule has 3 heterocycles. The first-order valence-electron chi connectivity index (χ1n) is 13.3. The monoisotopic (exact) mass is 493 g/mol. The maximum Gasteiger partial charge on any atom is 0.123 e. The fourth-order valence-electron chi connectivity index (χ4n) is 5.70. The third-order valence-corrected chi connectivity index (χ3v) is 7.67. The number of piperazine rings is 1. The highest BCUT2D eigenvalue weighted by Gasteiger charge is 2.29. The van der Waals surface area contributed by atoms with Crippen LogP contribution in [0.4, 0.5) is 5.69 Å². The van der Waals surface area contributed by atoms with Crippen LogP contribution < -0.4 is 9.64 Å². The normalized spacial score (nSPS) is 18.4. The van der Waals surface area contributed by atoms with Gasteiger partial charge in [-0.3, -0.25) is 9.89 Å². The molecule has 1 aromatic heterocycles. The van der Waals surface area contributed by atoms with Gasteiger partial charge < -0.3 is 19.5 Å². The van der Waals surface area contributed by atoms with E-state index in [9.17, 15) is 0 Å². The van der Waals surface area contributed by atoms with Gasteiger partial charge in [-0.2, -0.15) is 0 Å². The van der Waals surface area contributed by atoms with Gasteiger partial charge in [-0.25, -0.2) is 0 Å². The maximum absolute atomic E-state index is 5.67. The molecule has 6 rings (SSSR count). The van der Waals surface area contributed by atoms with E-state index in [4.69, 9.17) is 9.73 Å². The molecule has 1 saturated heterocycles. The van der Waals surface area contributed by atoms with E-state index in [2.05, 4.69) is 98.7 Å². The van der Waals surface area contributed by atoms with Crippen molar-refractivity contribution >= 4 is 22.4 Å². The van der Waals surface area contributed by atoms with Gasteiger partial charge in [0.05, 0.1) is 19.7 Å². The van der Waals surface area contributed by atoms with Gasteiger partial charge in [0.25, 0.3) is 0 Å². The molecule has 0 spiro atoms. The quantitative estimate of drug-likeness (QED) is 0.382. The largest absolute Gasteiger partial charge is 0.496 e. The molecule has 0 bridgehead atoms. The second-order valence-electron chi connectivity index (χ2n) is 10.1. The second-order valence-corrected chi connectivity index (χ2v) is 10.1. The molecule has 1 fully saturated rings. The highest BCUT2D eigenvalue weighted by molar-refractivity contribution is 5.87. The van der Waals surface area contributed by atoms with E-state index < -0.39 is 0 Å². The molecule has 4 aromatic rings. The Hall–Kier alpha value is -3.77. The molecule has 2 aliphatic heterocycles. The SMILES string of the molecule is COc1ccccc1CN1CC(Cc2c[nH]c3ccccc23)N=C1CN1CCN(c2ccccc2)CC1. The van der Waals surface area contributed by atoms with Gasteiger partial charge in [0, 0.05) is 67.6 Å². The summed E-state index contributed by atoms with van der Waals surface area (Å²) in [6, 6.07) is 27.9. The van der Waals surface area contributed by atoms with Crippen LogP contribution in [0.15, 0.2) is 90.1 Å². The number of fused-ring (bicyclic) bond motifs is 1. The molecule has 1 N–H and O–H groups in total. The lowest BCUT2D eigenvalue weighted by atomic mass is 10.1. The fourth-order valence-corrected chi connectivity index (χ4v) is 5.70. The van der Waals surface area contributed by atoms with Crippen molar-refractivity contribution in [3.63, 3.8) is 0 Å². The molecule has 6 heteroatoms. The van der Waals surface area contributed by atoms with Crippen LogP contribution in [0, 0.1) is 0 Å². The van der Waals surface area contributed by atoms with Crippen LogP contribution in [-0.4, -0.2) is 73.0 Å². The molecule has 0 amide bonds. The average Bonchev–Trinajstić information content (AvgIpc) is 3.53. The summed E-state index contributed by atoms with van der Waals surface area (Å²) in [7, 11) is 1.75. The Kier molecular flexibility index (Phi) is 6.82. The van der Waals surface area contributed by atoms with Crippen molar-refractivity contribution in [2.24, 2.45) is 4.99 Å². The van der Waals surface area contributed by atoms with E-state index >= 15 is 0 Å². The minimum absolute atomic E-state index is 0.245. The zero-order valence-corrected chi connectivity index (χ0v) is 21.5. The van der Waals surface area contributed by atoms with Crippen molar-refractivity contribution in [1.29, 1.82) is 0 Å². The van der Waals surface area contributed by atoms with Gasteiger partial charge in [-0.05, 0) is 36.2 Å².